The zero-order valence-electron chi connectivity index (χ0n) is 7.90. The molecule has 14 heavy (non-hydrogen) atoms. The van der Waals surface area contributed by atoms with Crippen LogP contribution in [-0.4, -0.2) is 12.4 Å². The van der Waals surface area contributed by atoms with Crippen molar-refractivity contribution in [3.8, 4) is 5.75 Å². The molecule has 0 atom stereocenters. The maximum absolute atomic E-state index is 10.7. The zero-order valence-corrected chi connectivity index (χ0v) is 7.90. The van der Waals surface area contributed by atoms with E-state index in [1.165, 1.54) is 0 Å². The highest BCUT2D eigenvalue weighted by molar-refractivity contribution is 5.79. The Morgan fingerprint density at radius 3 is 2.86 bits per heavy atom. The first-order valence-corrected chi connectivity index (χ1v) is 4.78. The van der Waals surface area contributed by atoms with Gasteiger partial charge in [0.05, 0.1) is 11.7 Å². The van der Waals surface area contributed by atoms with Crippen molar-refractivity contribution in [3.05, 3.63) is 29.3 Å². The van der Waals surface area contributed by atoms with Crippen molar-refractivity contribution in [2.45, 2.75) is 25.5 Å². The molecule has 0 radical (unpaired) electrons. The quantitative estimate of drug-likeness (QED) is 0.734. The molecule has 0 unspecified atom stereocenters. The van der Waals surface area contributed by atoms with Gasteiger partial charge in [-0.25, -0.2) is 0 Å². The van der Waals surface area contributed by atoms with Crippen LogP contribution in [0.3, 0.4) is 0 Å². The molecule has 0 aromatic heterocycles. The summed E-state index contributed by atoms with van der Waals surface area (Å²) in [6.45, 7) is 0.472. The molecule has 0 aliphatic heterocycles. The van der Waals surface area contributed by atoms with Crippen LogP contribution >= 0.6 is 0 Å². The van der Waals surface area contributed by atoms with E-state index >= 15 is 0 Å². The van der Waals surface area contributed by atoms with Crippen LogP contribution in [0.5, 0.6) is 5.75 Å². The lowest BCUT2D eigenvalue weighted by Crippen LogP contribution is -2.02. The molecule has 0 bridgehead atoms. The highest BCUT2D eigenvalue weighted by Crippen LogP contribution is 2.29. The van der Waals surface area contributed by atoms with Gasteiger partial charge in [-0.15, -0.1) is 0 Å². The van der Waals surface area contributed by atoms with Crippen LogP contribution in [0.15, 0.2) is 18.2 Å². The summed E-state index contributed by atoms with van der Waals surface area (Å²) in [4.78, 5) is 10.7. The van der Waals surface area contributed by atoms with Crippen LogP contribution in [0.4, 0.5) is 0 Å². The molecule has 1 aromatic carbocycles. The Morgan fingerprint density at radius 1 is 1.50 bits per heavy atom. The molecular weight excluding hydrogens is 178 g/mol. The van der Waals surface area contributed by atoms with Gasteiger partial charge in [-0.1, -0.05) is 6.07 Å². The summed E-state index contributed by atoms with van der Waals surface area (Å²) >= 11 is 0. The van der Waals surface area contributed by atoms with E-state index in [-0.39, 0.29) is 0 Å². The molecule has 0 spiro atoms. The minimum Gasteiger partial charge on any atom is -0.490 e. The zero-order chi connectivity index (χ0) is 9.97. The molecule has 1 fully saturated rings. The molecule has 0 heterocycles. The Labute approximate surface area is 82.9 Å². The van der Waals surface area contributed by atoms with E-state index in [0.29, 0.717) is 24.0 Å². The molecule has 2 rings (SSSR count). The second-order valence-electron chi connectivity index (χ2n) is 3.51. The number of carbonyl (C=O) groups is 1. The van der Waals surface area contributed by atoms with Crippen LogP contribution in [0.1, 0.15) is 28.8 Å². The molecule has 1 aliphatic carbocycles. The molecule has 1 saturated carbocycles. The summed E-state index contributed by atoms with van der Waals surface area (Å²) in [6, 6.07) is 5.46. The van der Waals surface area contributed by atoms with Gasteiger partial charge in [0.1, 0.15) is 5.75 Å². The summed E-state index contributed by atoms with van der Waals surface area (Å²) in [5, 5.41) is 0. The van der Waals surface area contributed by atoms with Gasteiger partial charge >= 0.3 is 0 Å². The Kier molecular flexibility index (Phi) is 2.50. The molecule has 3 nitrogen and oxygen atoms in total. The van der Waals surface area contributed by atoms with Crippen molar-refractivity contribution < 1.29 is 9.53 Å². The largest absolute Gasteiger partial charge is 0.490 e. The maximum atomic E-state index is 10.7. The molecular formula is C11H13NO2. The van der Waals surface area contributed by atoms with Crippen molar-refractivity contribution in [1.82, 2.24) is 0 Å². The van der Waals surface area contributed by atoms with E-state index in [1.807, 2.05) is 12.1 Å². The number of nitrogens with two attached hydrogens (primary N) is 1. The van der Waals surface area contributed by atoms with Crippen LogP contribution in [-0.2, 0) is 6.54 Å². The van der Waals surface area contributed by atoms with Gasteiger partial charge in [-0.2, -0.15) is 0 Å². The minimum atomic E-state index is 0.307. The van der Waals surface area contributed by atoms with E-state index in [0.717, 1.165) is 24.7 Å². The minimum absolute atomic E-state index is 0.307. The van der Waals surface area contributed by atoms with E-state index in [4.69, 9.17) is 10.5 Å². The first-order valence-electron chi connectivity index (χ1n) is 4.78. The van der Waals surface area contributed by atoms with Gasteiger partial charge < -0.3 is 10.5 Å². The number of carbonyl (C=O) groups excluding carboxylic acids is 1. The highest BCUT2D eigenvalue weighted by Gasteiger charge is 2.24. The van der Waals surface area contributed by atoms with E-state index < -0.39 is 0 Å². The van der Waals surface area contributed by atoms with Crippen LogP contribution in [0.25, 0.3) is 0 Å². The van der Waals surface area contributed by atoms with Gasteiger partial charge in [-0.3, -0.25) is 4.79 Å². The molecule has 2 N–H and O–H groups in total. The van der Waals surface area contributed by atoms with Crippen LogP contribution in [0, 0.1) is 0 Å². The lowest BCUT2D eigenvalue weighted by molar-refractivity contribution is 0.111. The van der Waals surface area contributed by atoms with Crippen molar-refractivity contribution in [2.75, 3.05) is 0 Å². The van der Waals surface area contributed by atoms with Crippen molar-refractivity contribution in [1.29, 1.82) is 0 Å². The average Bonchev–Trinajstić information content (AvgIpc) is 3.01. The Hall–Kier alpha value is -1.35. The monoisotopic (exact) mass is 191 g/mol. The molecule has 1 aromatic rings. The Bertz CT molecular complexity index is 345. The summed E-state index contributed by atoms with van der Waals surface area (Å²) < 4.78 is 5.60. The summed E-state index contributed by atoms with van der Waals surface area (Å²) in [5.74, 6) is 0.672. The number of aldehydes is 1. The first-order chi connectivity index (χ1) is 6.83. The normalized spacial score (nSPS) is 15.2. The van der Waals surface area contributed by atoms with E-state index in [9.17, 15) is 4.79 Å². The van der Waals surface area contributed by atoms with Gasteiger partial charge in [0.15, 0.2) is 6.29 Å². The number of rotatable bonds is 4. The lowest BCUT2D eigenvalue weighted by atomic mass is 10.1. The van der Waals surface area contributed by atoms with Crippen LogP contribution < -0.4 is 10.5 Å². The number of hydrogen-bond acceptors (Lipinski definition) is 3. The van der Waals surface area contributed by atoms with E-state index in [2.05, 4.69) is 0 Å². The Morgan fingerprint density at radius 2 is 2.29 bits per heavy atom. The average molecular weight is 191 g/mol. The predicted octanol–water partition coefficient (Wildman–Crippen LogP) is 1.50. The van der Waals surface area contributed by atoms with Gasteiger partial charge in [-0.05, 0) is 30.5 Å². The fourth-order valence-corrected chi connectivity index (χ4v) is 1.27. The molecule has 0 saturated heterocycles. The lowest BCUT2D eigenvalue weighted by Gasteiger charge is -2.08. The molecule has 1 aliphatic rings. The van der Waals surface area contributed by atoms with Crippen molar-refractivity contribution >= 4 is 6.29 Å². The number of benzene rings is 1. The maximum Gasteiger partial charge on any atom is 0.153 e. The van der Waals surface area contributed by atoms with E-state index in [1.54, 1.807) is 6.07 Å². The van der Waals surface area contributed by atoms with Gasteiger partial charge in [0.2, 0.25) is 0 Å². The van der Waals surface area contributed by atoms with Crippen LogP contribution in [0.2, 0.25) is 0 Å². The first kappa shape index (κ1) is 9.21. The highest BCUT2D eigenvalue weighted by atomic mass is 16.5. The number of ether oxygens (including phenoxy) is 1. The Balaban J connectivity index is 2.26. The molecule has 0 amide bonds. The standard InChI is InChI=1S/C11H13NO2/c12-6-8-1-2-9(7-13)11(5-8)14-10-3-4-10/h1-2,5,7,10H,3-4,6,12H2. The smallest absolute Gasteiger partial charge is 0.153 e. The van der Waals surface area contributed by atoms with Gasteiger partial charge in [0, 0.05) is 6.54 Å². The predicted molar refractivity (Wildman–Crippen MR) is 53.4 cm³/mol. The fourth-order valence-electron chi connectivity index (χ4n) is 1.27. The SMILES string of the molecule is NCc1ccc(C=O)c(OC2CC2)c1. The second kappa shape index (κ2) is 3.80. The number of hydrogen-bond donors (Lipinski definition) is 1. The third-order valence-electron chi connectivity index (χ3n) is 2.26. The topological polar surface area (TPSA) is 52.3 Å². The second-order valence-corrected chi connectivity index (χ2v) is 3.51. The fraction of sp³-hybridized carbons (Fsp3) is 0.364. The van der Waals surface area contributed by atoms with Crippen molar-refractivity contribution in [2.24, 2.45) is 5.73 Å². The summed E-state index contributed by atoms with van der Waals surface area (Å²) in [5.41, 5.74) is 7.11. The third-order valence-corrected chi connectivity index (χ3v) is 2.26. The summed E-state index contributed by atoms with van der Waals surface area (Å²) in [6.07, 6.45) is 3.30. The third kappa shape index (κ3) is 1.93. The van der Waals surface area contributed by atoms with Crippen molar-refractivity contribution in [3.63, 3.8) is 0 Å². The summed E-state index contributed by atoms with van der Waals surface area (Å²) in [7, 11) is 0. The molecule has 74 valence electrons. The molecule has 3 heteroatoms. The van der Waals surface area contributed by atoms with Gasteiger partial charge in [0.25, 0.3) is 0 Å².